The molecule has 2 N–H and O–H groups in total. The van der Waals surface area contributed by atoms with Crippen LogP contribution in [0.15, 0.2) is 5.16 Å². The molecule has 0 radical (unpaired) electrons. The summed E-state index contributed by atoms with van der Waals surface area (Å²) in [5.74, 6) is -0.903. The molecule has 0 aliphatic heterocycles. The van der Waals surface area contributed by atoms with Crippen LogP contribution in [0.25, 0.3) is 0 Å². The number of halogens is 4. The molecule has 0 fully saturated rings. The molecule has 3 amide bonds. The summed E-state index contributed by atoms with van der Waals surface area (Å²) in [4.78, 5) is 26.1. The molecule has 28 heavy (non-hydrogen) atoms. The summed E-state index contributed by atoms with van der Waals surface area (Å²) >= 11 is 22.8. The molecule has 0 atom stereocenters. The molecular weight excluding hydrogens is 454 g/mol. The van der Waals surface area contributed by atoms with Crippen LogP contribution >= 0.6 is 46.4 Å². The van der Waals surface area contributed by atoms with Gasteiger partial charge in [0.15, 0.2) is 0 Å². The Bertz CT molecular complexity index is 887. The lowest BCUT2D eigenvalue weighted by molar-refractivity contribution is -0.113. The Morgan fingerprint density at radius 3 is 1.86 bits per heavy atom. The molecule has 0 aliphatic rings. The zero-order valence-electron chi connectivity index (χ0n) is 14.2. The molecule has 0 spiro atoms. The lowest BCUT2D eigenvalue weighted by Gasteiger charge is -2.05. The van der Waals surface area contributed by atoms with Gasteiger partial charge >= 0.3 is 6.03 Å². The highest BCUT2D eigenvalue weighted by molar-refractivity contribution is 6.50. The van der Waals surface area contributed by atoms with Gasteiger partial charge < -0.3 is 10.2 Å². The largest absolute Gasteiger partial charge is 0.398 e. The fourth-order valence-electron chi connectivity index (χ4n) is 1.40. The Labute approximate surface area is 179 Å². The van der Waals surface area contributed by atoms with Crippen LogP contribution in [-0.2, 0) is 9.63 Å². The number of hydrogen-bond acceptors (Lipinski definition) is 7. The van der Waals surface area contributed by atoms with Gasteiger partial charge in [0, 0.05) is 6.54 Å². The van der Waals surface area contributed by atoms with Crippen molar-refractivity contribution in [3.05, 3.63) is 31.2 Å². The normalized spacial score (nSPS) is 9.61. The van der Waals surface area contributed by atoms with E-state index < -0.39 is 17.6 Å². The molecule has 9 nitrogen and oxygen atoms in total. The van der Waals surface area contributed by atoms with Crippen LogP contribution in [0.3, 0.4) is 0 Å². The Hall–Kier alpha value is -2.74. The Morgan fingerprint density at radius 2 is 1.50 bits per heavy atom. The van der Waals surface area contributed by atoms with Crippen LogP contribution in [0.5, 0.6) is 0 Å². The molecule has 0 saturated carbocycles. The van der Waals surface area contributed by atoms with Crippen LogP contribution in [-0.4, -0.2) is 31.3 Å². The lowest BCUT2D eigenvalue weighted by Crippen LogP contribution is -2.42. The third-order valence-electron chi connectivity index (χ3n) is 2.55. The standard InChI is InChI=1S/C8Cl4N2.C7H10N4O3/c9-5-3(1-13)6(10)8(12)7(11)4(5)2-14;1-3-9-7(13)10-6(12)5(4-8)11-14-2/h;3H2,1-2H3,(H2,9,10,12,13)/b;11-5+. The second-order valence-corrected chi connectivity index (χ2v) is 5.79. The molecule has 0 saturated heterocycles. The maximum atomic E-state index is 11.0. The van der Waals surface area contributed by atoms with E-state index in [0.717, 1.165) is 0 Å². The van der Waals surface area contributed by atoms with Crippen molar-refractivity contribution in [3.63, 3.8) is 0 Å². The average molecular weight is 464 g/mol. The third kappa shape index (κ3) is 6.77. The van der Waals surface area contributed by atoms with Crippen molar-refractivity contribution >= 4 is 64.1 Å². The molecule has 146 valence electrons. The van der Waals surface area contributed by atoms with Gasteiger partial charge in [-0.15, -0.1) is 0 Å². The fraction of sp³-hybridized carbons (Fsp3) is 0.200. The number of nitrogens with zero attached hydrogens (tertiary/aromatic N) is 4. The van der Waals surface area contributed by atoms with Gasteiger partial charge in [0.1, 0.15) is 25.3 Å². The van der Waals surface area contributed by atoms with E-state index in [1.54, 1.807) is 19.1 Å². The maximum absolute atomic E-state index is 11.0. The van der Waals surface area contributed by atoms with E-state index in [-0.39, 0.29) is 31.2 Å². The van der Waals surface area contributed by atoms with Crippen molar-refractivity contribution in [1.82, 2.24) is 10.6 Å². The summed E-state index contributed by atoms with van der Waals surface area (Å²) in [5, 5.41) is 33.0. The highest BCUT2D eigenvalue weighted by atomic mass is 35.5. The molecule has 1 rings (SSSR count). The highest BCUT2D eigenvalue weighted by Crippen LogP contribution is 2.40. The summed E-state index contributed by atoms with van der Waals surface area (Å²) < 4.78 is 0. The molecule has 0 unspecified atom stereocenters. The van der Waals surface area contributed by atoms with E-state index in [2.05, 4.69) is 15.3 Å². The summed E-state index contributed by atoms with van der Waals surface area (Å²) in [7, 11) is 1.19. The molecule has 0 heterocycles. The number of carbonyl (C=O) groups excluding carboxylic acids is 2. The number of benzene rings is 1. The van der Waals surface area contributed by atoms with E-state index in [9.17, 15) is 9.59 Å². The van der Waals surface area contributed by atoms with Gasteiger partial charge in [0.05, 0.1) is 31.2 Å². The first kappa shape index (κ1) is 25.3. The number of nitriles is 3. The van der Waals surface area contributed by atoms with Gasteiger partial charge in [0.25, 0.3) is 5.91 Å². The number of amides is 3. The minimum atomic E-state index is -0.903. The molecule has 0 bridgehead atoms. The smallest absolute Gasteiger partial charge is 0.321 e. The van der Waals surface area contributed by atoms with Gasteiger partial charge in [0.2, 0.25) is 5.71 Å². The zero-order valence-corrected chi connectivity index (χ0v) is 17.3. The van der Waals surface area contributed by atoms with Crippen molar-refractivity contribution < 1.29 is 14.4 Å². The Balaban J connectivity index is 0.000000521. The number of rotatable bonds is 3. The van der Waals surface area contributed by atoms with Crippen LogP contribution in [0.4, 0.5) is 4.79 Å². The number of urea groups is 1. The molecular formula is C15H10Cl4N6O3. The third-order valence-corrected chi connectivity index (χ3v) is 4.26. The predicted molar refractivity (Wildman–Crippen MR) is 103 cm³/mol. The molecule has 13 heteroatoms. The van der Waals surface area contributed by atoms with E-state index in [0.29, 0.717) is 6.54 Å². The monoisotopic (exact) mass is 462 g/mol. The summed E-state index contributed by atoms with van der Waals surface area (Å²) in [5.41, 5.74) is -0.600. The van der Waals surface area contributed by atoms with Gasteiger partial charge in [-0.2, -0.15) is 15.8 Å². The minimum absolute atomic E-state index is 0.0363. The first-order valence-corrected chi connectivity index (χ1v) is 8.47. The lowest BCUT2D eigenvalue weighted by atomic mass is 10.1. The molecule has 0 aromatic heterocycles. The van der Waals surface area contributed by atoms with Crippen molar-refractivity contribution in [2.24, 2.45) is 5.16 Å². The molecule has 1 aromatic rings. The molecule has 0 aliphatic carbocycles. The van der Waals surface area contributed by atoms with E-state index >= 15 is 0 Å². The Kier molecular flexibility index (Phi) is 11.4. The number of carbonyl (C=O) groups is 2. The topological polar surface area (TPSA) is 151 Å². The number of hydrogen-bond donors (Lipinski definition) is 2. The van der Waals surface area contributed by atoms with Crippen molar-refractivity contribution in [3.8, 4) is 18.2 Å². The summed E-state index contributed by atoms with van der Waals surface area (Å²) in [6, 6.07) is 4.30. The van der Waals surface area contributed by atoms with Gasteiger partial charge in [-0.1, -0.05) is 51.6 Å². The maximum Gasteiger partial charge on any atom is 0.321 e. The van der Waals surface area contributed by atoms with Gasteiger partial charge in [-0.05, 0) is 6.92 Å². The summed E-state index contributed by atoms with van der Waals surface area (Å²) in [6.07, 6.45) is 0. The molecule has 1 aromatic carbocycles. The van der Waals surface area contributed by atoms with Crippen LogP contribution in [0.1, 0.15) is 18.1 Å². The summed E-state index contributed by atoms with van der Waals surface area (Å²) in [6.45, 7) is 2.07. The van der Waals surface area contributed by atoms with E-state index in [1.807, 2.05) is 5.32 Å². The minimum Gasteiger partial charge on any atom is -0.398 e. The number of imide groups is 1. The number of nitrogens with one attached hydrogen (secondary N) is 2. The van der Waals surface area contributed by atoms with Crippen molar-refractivity contribution in [2.75, 3.05) is 13.7 Å². The second kappa shape index (κ2) is 12.6. The van der Waals surface area contributed by atoms with Gasteiger partial charge in [-0.3, -0.25) is 10.1 Å². The highest BCUT2D eigenvalue weighted by Gasteiger charge is 2.19. The first-order chi connectivity index (χ1) is 13.2. The van der Waals surface area contributed by atoms with Crippen LogP contribution < -0.4 is 10.6 Å². The van der Waals surface area contributed by atoms with Crippen molar-refractivity contribution in [2.45, 2.75) is 6.92 Å². The predicted octanol–water partition coefficient (Wildman–Crippen LogP) is 3.40. The first-order valence-electron chi connectivity index (χ1n) is 6.96. The SMILES string of the molecule is CCNC(=O)NC(=O)/C(C#N)=N/OC.N#Cc1c(Cl)c(Cl)c(Cl)c(C#N)c1Cl. The average Bonchev–Trinajstić information content (AvgIpc) is 2.66. The van der Waals surface area contributed by atoms with Crippen LogP contribution in [0, 0.1) is 34.0 Å². The number of oxime groups is 1. The van der Waals surface area contributed by atoms with E-state index in [1.165, 1.54) is 13.2 Å². The fourth-order valence-corrected chi connectivity index (χ4v) is 2.47. The Morgan fingerprint density at radius 1 is 1.00 bits per heavy atom. The quantitative estimate of drug-likeness (QED) is 0.303. The van der Waals surface area contributed by atoms with Gasteiger partial charge in [-0.25, -0.2) is 4.79 Å². The van der Waals surface area contributed by atoms with Crippen molar-refractivity contribution in [1.29, 1.82) is 15.8 Å². The van der Waals surface area contributed by atoms with E-state index in [4.69, 9.17) is 62.2 Å². The second-order valence-electron chi connectivity index (χ2n) is 4.28. The van der Waals surface area contributed by atoms with Crippen LogP contribution in [0.2, 0.25) is 20.1 Å². The zero-order chi connectivity index (χ0) is 21.9.